The molecule has 2 N–H and O–H groups in total. The Kier molecular flexibility index (Phi) is 5.75. The first-order valence-electron chi connectivity index (χ1n) is 10.0. The Hall–Kier alpha value is -3.67. The van der Waals surface area contributed by atoms with Crippen molar-refractivity contribution in [3.05, 3.63) is 88.0 Å². The fourth-order valence-electron chi connectivity index (χ4n) is 3.73. The van der Waals surface area contributed by atoms with E-state index < -0.39 is 40.9 Å². The van der Waals surface area contributed by atoms with E-state index in [0.29, 0.717) is 0 Å². The first-order valence-corrected chi connectivity index (χ1v) is 10.0. The molecule has 12 heteroatoms. The highest BCUT2D eigenvalue weighted by molar-refractivity contribution is 5.72. The van der Waals surface area contributed by atoms with E-state index in [1.165, 1.54) is 12.1 Å². The number of hydrogen-bond donors (Lipinski definition) is 2. The first-order chi connectivity index (χ1) is 16.2. The summed E-state index contributed by atoms with van der Waals surface area (Å²) in [6.07, 6.45) is -8.64. The quantitative estimate of drug-likeness (QED) is 0.514. The molecule has 1 aliphatic heterocycles. The second-order valence-corrected chi connectivity index (χ2v) is 8.12. The molecule has 0 spiro atoms. The minimum Gasteiger partial charge on any atom is -0.383 e. The van der Waals surface area contributed by atoms with Crippen LogP contribution in [0.5, 0.6) is 0 Å². The van der Waals surface area contributed by atoms with Gasteiger partial charge in [-0.3, -0.25) is 4.79 Å². The van der Waals surface area contributed by atoms with E-state index in [9.17, 15) is 40.6 Å². The summed E-state index contributed by atoms with van der Waals surface area (Å²) in [4.78, 5) is 13.2. The standard InChI is InChI=1S/C23H16F7N3O2/c1-21(35)11-18(31-20(21)23(28,29)30)16-10-17(12-5-7-13(8-6-12)22(25,26)27)32-33(19(16)34)15-4-2-3-14(24)9-15/h2-11,20,31,35H,1H3. The van der Waals surface area contributed by atoms with Gasteiger partial charge >= 0.3 is 12.4 Å². The maximum absolute atomic E-state index is 13.8. The summed E-state index contributed by atoms with van der Waals surface area (Å²) < 4.78 is 93.7. The van der Waals surface area contributed by atoms with Crippen LogP contribution in [0.4, 0.5) is 30.7 Å². The molecule has 1 aliphatic rings. The average Bonchev–Trinajstić information content (AvgIpc) is 3.09. The summed E-state index contributed by atoms with van der Waals surface area (Å²) in [7, 11) is 0. The topological polar surface area (TPSA) is 67.2 Å². The summed E-state index contributed by atoms with van der Waals surface area (Å²) in [6.45, 7) is 0.911. The molecule has 0 bridgehead atoms. The second-order valence-electron chi connectivity index (χ2n) is 8.12. The number of nitrogens with zero attached hydrogens (tertiary/aromatic N) is 2. The lowest BCUT2D eigenvalue weighted by molar-refractivity contribution is -0.182. The lowest BCUT2D eigenvalue weighted by Gasteiger charge is -2.27. The van der Waals surface area contributed by atoms with E-state index in [1.807, 2.05) is 0 Å². The normalized spacial score (nSPS) is 20.5. The number of aliphatic hydroxyl groups is 1. The van der Waals surface area contributed by atoms with Crippen molar-refractivity contribution in [3.8, 4) is 16.9 Å². The summed E-state index contributed by atoms with van der Waals surface area (Å²) in [5.74, 6) is -0.726. The van der Waals surface area contributed by atoms with Crippen LogP contribution in [0.25, 0.3) is 22.6 Å². The highest BCUT2D eigenvalue weighted by atomic mass is 19.4. The van der Waals surface area contributed by atoms with Crippen LogP contribution in [-0.4, -0.2) is 32.7 Å². The maximum atomic E-state index is 13.8. The summed E-state index contributed by atoms with van der Waals surface area (Å²) in [5.41, 5.74) is -5.02. The molecule has 2 atom stereocenters. The van der Waals surface area contributed by atoms with Crippen molar-refractivity contribution >= 4 is 5.70 Å². The predicted molar refractivity (Wildman–Crippen MR) is 112 cm³/mol. The van der Waals surface area contributed by atoms with Crippen molar-refractivity contribution in [2.24, 2.45) is 0 Å². The van der Waals surface area contributed by atoms with Gasteiger partial charge in [-0.15, -0.1) is 0 Å². The smallest absolute Gasteiger partial charge is 0.383 e. The summed E-state index contributed by atoms with van der Waals surface area (Å²) in [5, 5.41) is 16.5. The van der Waals surface area contributed by atoms with E-state index in [4.69, 9.17) is 0 Å². The van der Waals surface area contributed by atoms with Gasteiger partial charge in [0.25, 0.3) is 5.56 Å². The van der Waals surface area contributed by atoms with Crippen LogP contribution >= 0.6 is 0 Å². The van der Waals surface area contributed by atoms with Gasteiger partial charge in [-0.1, -0.05) is 18.2 Å². The molecule has 4 rings (SSSR count). The van der Waals surface area contributed by atoms with E-state index >= 15 is 0 Å². The molecule has 2 unspecified atom stereocenters. The SMILES string of the molecule is CC1(O)C=C(c2cc(-c3ccc(C(F)(F)F)cc3)nn(-c3cccc(F)c3)c2=O)NC1C(F)(F)F. The summed E-state index contributed by atoms with van der Waals surface area (Å²) in [6, 6.07) is 7.06. The molecular weight excluding hydrogens is 483 g/mol. The van der Waals surface area contributed by atoms with Gasteiger partial charge in [0.15, 0.2) is 6.04 Å². The lowest BCUT2D eigenvalue weighted by Crippen LogP contribution is -2.51. The number of benzene rings is 2. The van der Waals surface area contributed by atoms with Crippen LogP contribution < -0.4 is 10.9 Å². The minimum absolute atomic E-state index is 0.0669. The molecule has 0 saturated heterocycles. The van der Waals surface area contributed by atoms with Crippen molar-refractivity contribution in [3.63, 3.8) is 0 Å². The molecule has 1 aromatic heterocycles. The Morgan fingerprint density at radius 2 is 1.69 bits per heavy atom. The average molecular weight is 499 g/mol. The fourth-order valence-corrected chi connectivity index (χ4v) is 3.73. The Balaban J connectivity index is 1.91. The van der Waals surface area contributed by atoms with Gasteiger partial charge in [-0.2, -0.15) is 36.1 Å². The van der Waals surface area contributed by atoms with Crippen LogP contribution in [0.3, 0.4) is 0 Å². The van der Waals surface area contributed by atoms with E-state index in [1.54, 1.807) is 0 Å². The maximum Gasteiger partial charge on any atom is 0.416 e. The van der Waals surface area contributed by atoms with Crippen LogP contribution in [0, 0.1) is 5.82 Å². The third-order valence-electron chi connectivity index (χ3n) is 5.41. The van der Waals surface area contributed by atoms with E-state index in [2.05, 4.69) is 10.4 Å². The Morgan fingerprint density at radius 1 is 1.03 bits per heavy atom. The fraction of sp³-hybridized carbons (Fsp3) is 0.217. The number of halogens is 7. The van der Waals surface area contributed by atoms with Gasteiger partial charge in [-0.25, -0.2) is 4.39 Å². The molecule has 0 amide bonds. The van der Waals surface area contributed by atoms with Crippen molar-refractivity contribution in [1.29, 1.82) is 0 Å². The van der Waals surface area contributed by atoms with Gasteiger partial charge in [0.1, 0.15) is 11.4 Å². The number of aromatic nitrogens is 2. The zero-order valence-electron chi connectivity index (χ0n) is 17.7. The predicted octanol–water partition coefficient (Wildman–Crippen LogP) is 4.68. The zero-order chi connectivity index (χ0) is 25.8. The minimum atomic E-state index is -4.87. The molecule has 0 fully saturated rings. The number of nitrogens with one attached hydrogen (secondary N) is 1. The molecule has 2 aromatic carbocycles. The van der Waals surface area contributed by atoms with Crippen molar-refractivity contribution in [1.82, 2.24) is 15.1 Å². The highest BCUT2D eigenvalue weighted by Gasteiger charge is 2.53. The Bertz CT molecular complexity index is 1360. The third-order valence-corrected chi connectivity index (χ3v) is 5.41. The van der Waals surface area contributed by atoms with Crippen molar-refractivity contribution < 1.29 is 35.8 Å². The molecule has 184 valence electrons. The molecule has 0 aliphatic carbocycles. The van der Waals surface area contributed by atoms with Crippen LogP contribution in [0.15, 0.2) is 65.5 Å². The largest absolute Gasteiger partial charge is 0.416 e. The Morgan fingerprint density at radius 3 is 2.23 bits per heavy atom. The molecule has 5 nitrogen and oxygen atoms in total. The van der Waals surface area contributed by atoms with Crippen LogP contribution in [0.1, 0.15) is 18.1 Å². The zero-order valence-corrected chi connectivity index (χ0v) is 17.7. The van der Waals surface area contributed by atoms with Crippen LogP contribution in [-0.2, 0) is 6.18 Å². The highest BCUT2D eigenvalue weighted by Crippen LogP contribution is 2.37. The van der Waals surface area contributed by atoms with Gasteiger partial charge < -0.3 is 10.4 Å². The van der Waals surface area contributed by atoms with Crippen LogP contribution in [0.2, 0.25) is 0 Å². The number of hydrogen-bond acceptors (Lipinski definition) is 4. The molecule has 0 saturated carbocycles. The van der Waals surface area contributed by atoms with Gasteiger partial charge in [-0.05, 0) is 49.4 Å². The number of alkyl halides is 6. The molecule has 35 heavy (non-hydrogen) atoms. The third kappa shape index (κ3) is 4.78. The monoisotopic (exact) mass is 499 g/mol. The van der Waals surface area contributed by atoms with Gasteiger partial charge in [0, 0.05) is 11.3 Å². The summed E-state index contributed by atoms with van der Waals surface area (Å²) >= 11 is 0. The molecule has 0 radical (unpaired) electrons. The molecular formula is C23H16F7N3O2. The van der Waals surface area contributed by atoms with E-state index in [-0.39, 0.29) is 28.2 Å². The second kappa shape index (κ2) is 8.22. The number of rotatable bonds is 3. The van der Waals surface area contributed by atoms with Crippen molar-refractivity contribution in [2.45, 2.75) is 30.9 Å². The van der Waals surface area contributed by atoms with Crippen molar-refractivity contribution in [2.75, 3.05) is 0 Å². The first kappa shape index (κ1) is 24.5. The molecule has 3 aromatic rings. The Labute approximate surface area is 193 Å². The van der Waals surface area contributed by atoms with E-state index in [0.717, 1.165) is 60.1 Å². The van der Waals surface area contributed by atoms with Gasteiger partial charge in [0.2, 0.25) is 0 Å². The molecule has 2 heterocycles. The lowest BCUT2D eigenvalue weighted by atomic mass is 9.98. The van der Waals surface area contributed by atoms with Gasteiger partial charge in [0.05, 0.1) is 22.5 Å².